The number of para-hydroxylation sites is 1. The van der Waals surface area contributed by atoms with Crippen molar-refractivity contribution in [3.8, 4) is 5.75 Å². The maximum atomic E-state index is 13.7. The highest BCUT2D eigenvalue weighted by Crippen LogP contribution is 2.32. The van der Waals surface area contributed by atoms with Gasteiger partial charge < -0.3 is 4.74 Å². The molecule has 0 atom stereocenters. The Hall–Kier alpha value is -3.69. The van der Waals surface area contributed by atoms with Gasteiger partial charge in [0.25, 0.3) is 0 Å². The first-order chi connectivity index (χ1) is 16.1. The van der Waals surface area contributed by atoms with Crippen molar-refractivity contribution >= 4 is 60.4 Å². The van der Waals surface area contributed by atoms with Crippen molar-refractivity contribution in [3.05, 3.63) is 83.1 Å². The molecule has 0 radical (unpaired) electrons. The molecule has 0 bridgehead atoms. The van der Waals surface area contributed by atoms with Gasteiger partial charge in [0, 0.05) is 0 Å². The van der Waals surface area contributed by atoms with Crippen LogP contribution in [0, 0.1) is 5.82 Å². The van der Waals surface area contributed by atoms with Gasteiger partial charge >= 0.3 is 5.91 Å². The second-order valence-corrected chi connectivity index (χ2v) is 9.00. The largest absolute Gasteiger partial charge is 0.494 e. The zero-order chi connectivity index (χ0) is 22.8. The zero-order valence-corrected chi connectivity index (χ0v) is 19.1. The molecule has 1 amide bonds. The van der Waals surface area contributed by atoms with E-state index in [4.69, 9.17) is 4.74 Å². The lowest BCUT2D eigenvalue weighted by molar-refractivity contribution is 0.0987. The molecule has 2 aromatic heterocycles. The summed E-state index contributed by atoms with van der Waals surface area (Å²) >= 11 is 2.48. The normalized spacial score (nSPS) is 11.5. The molecule has 3 aromatic carbocycles. The average molecular weight is 477 g/mol. The predicted molar refractivity (Wildman–Crippen MR) is 131 cm³/mol. The summed E-state index contributed by atoms with van der Waals surface area (Å²) in [5.74, 6) is -0.0113. The van der Waals surface area contributed by atoms with Gasteiger partial charge in [-0.3, -0.25) is 4.79 Å². The fourth-order valence-corrected chi connectivity index (χ4v) is 5.00. The zero-order valence-electron chi connectivity index (χ0n) is 17.4. The number of rotatable bonds is 6. The molecule has 0 saturated carbocycles. The van der Waals surface area contributed by atoms with Crippen molar-refractivity contribution in [3.63, 3.8) is 0 Å². The summed E-state index contributed by atoms with van der Waals surface area (Å²) in [6, 6.07) is 19.2. The van der Waals surface area contributed by atoms with Crippen LogP contribution in [0.5, 0.6) is 5.75 Å². The van der Waals surface area contributed by atoms with Crippen LogP contribution >= 0.6 is 22.7 Å². The van der Waals surface area contributed by atoms with Gasteiger partial charge in [-0.25, -0.2) is 14.4 Å². The lowest BCUT2D eigenvalue weighted by Gasteiger charge is -2.12. The molecule has 0 fully saturated rings. The summed E-state index contributed by atoms with van der Waals surface area (Å²) in [5, 5.41) is 6.29. The molecule has 33 heavy (non-hydrogen) atoms. The molecule has 2 heterocycles. The molecule has 0 N–H and O–H groups in total. The number of carbonyl (C=O) groups is 1. The van der Waals surface area contributed by atoms with Crippen molar-refractivity contribution in [1.29, 1.82) is 0 Å². The fourth-order valence-electron chi connectivity index (χ4n) is 3.16. The van der Waals surface area contributed by atoms with Gasteiger partial charge in [-0.05, 0) is 67.1 Å². The maximum Gasteiger partial charge on any atom is 0.309 e. The SMILES string of the molecule is CCOc1ccc(/C=N/N(C(=O)c2nc3ccccc3s2)c2nc3ccc(F)cc3s2)cc1. The number of hydrogen-bond donors (Lipinski definition) is 0. The first-order valence-electron chi connectivity index (χ1n) is 10.1. The Labute approximate surface area is 196 Å². The van der Waals surface area contributed by atoms with Gasteiger partial charge in [0.05, 0.1) is 33.3 Å². The number of fused-ring (bicyclic) bond motifs is 2. The summed E-state index contributed by atoms with van der Waals surface area (Å²) in [5.41, 5.74) is 2.12. The summed E-state index contributed by atoms with van der Waals surface area (Å²) < 4.78 is 20.7. The number of hydrogen-bond acceptors (Lipinski definition) is 7. The molecule has 0 saturated heterocycles. The molecule has 0 aliphatic carbocycles. The molecule has 0 unspecified atom stereocenters. The number of thiazole rings is 2. The highest BCUT2D eigenvalue weighted by Gasteiger charge is 2.24. The minimum Gasteiger partial charge on any atom is -0.494 e. The minimum absolute atomic E-state index is 0.297. The van der Waals surface area contributed by atoms with Crippen molar-refractivity contribution < 1.29 is 13.9 Å². The number of carbonyl (C=O) groups excluding carboxylic acids is 1. The van der Waals surface area contributed by atoms with Gasteiger partial charge in [-0.15, -0.1) is 11.3 Å². The number of benzene rings is 3. The van der Waals surface area contributed by atoms with E-state index in [-0.39, 0.29) is 5.82 Å². The average Bonchev–Trinajstić information content (AvgIpc) is 3.44. The van der Waals surface area contributed by atoms with Gasteiger partial charge in [-0.2, -0.15) is 10.1 Å². The van der Waals surface area contributed by atoms with Crippen LogP contribution in [0.2, 0.25) is 0 Å². The number of aromatic nitrogens is 2. The van der Waals surface area contributed by atoms with Crippen molar-refractivity contribution in [2.24, 2.45) is 5.10 Å². The van der Waals surface area contributed by atoms with E-state index in [1.807, 2.05) is 55.5 Å². The first kappa shape index (κ1) is 21.2. The highest BCUT2D eigenvalue weighted by molar-refractivity contribution is 7.22. The van der Waals surface area contributed by atoms with Gasteiger partial charge in [0.15, 0.2) is 5.01 Å². The number of amides is 1. The molecular formula is C24H17FN4O2S2. The third kappa shape index (κ3) is 4.46. The molecule has 0 aliphatic heterocycles. The summed E-state index contributed by atoms with van der Waals surface area (Å²) in [7, 11) is 0. The standard InChI is InChI=1S/C24H17FN4O2S2/c1-2-31-17-10-7-15(8-11-17)14-26-29(24-28-19-12-9-16(25)13-21(19)33-24)23(30)22-27-18-5-3-4-6-20(18)32-22/h3-14H,2H2,1H3/b26-14+. The monoisotopic (exact) mass is 476 g/mol. The summed E-state index contributed by atoms with van der Waals surface area (Å²) in [6.07, 6.45) is 1.58. The van der Waals surface area contributed by atoms with E-state index in [1.165, 1.54) is 39.8 Å². The third-order valence-corrected chi connectivity index (χ3v) is 6.72. The fraction of sp³-hybridized carbons (Fsp3) is 0.0833. The van der Waals surface area contributed by atoms with E-state index >= 15 is 0 Å². The van der Waals surface area contributed by atoms with Gasteiger partial charge in [0.2, 0.25) is 5.13 Å². The van der Waals surface area contributed by atoms with Crippen LogP contribution in [0.25, 0.3) is 20.4 Å². The minimum atomic E-state index is -0.405. The Morgan fingerprint density at radius 3 is 2.61 bits per heavy atom. The molecule has 0 spiro atoms. The second-order valence-electron chi connectivity index (χ2n) is 6.96. The molecule has 6 nitrogen and oxygen atoms in total. The predicted octanol–water partition coefficient (Wildman–Crippen LogP) is 6.12. The number of anilines is 1. The second kappa shape index (κ2) is 9.05. The van der Waals surface area contributed by atoms with Gasteiger partial charge in [0.1, 0.15) is 11.6 Å². The Morgan fingerprint density at radius 2 is 1.82 bits per heavy atom. The number of nitrogens with zero attached hydrogens (tertiary/aromatic N) is 4. The molecule has 164 valence electrons. The Kier molecular flexibility index (Phi) is 5.80. The topological polar surface area (TPSA) is 67.7 Å². The van der Waals surface area contributed by atoms with Crippen LogP contribution in [0.15, 0.2) is 71.8 Å². The maximum absolute atomic E-state index is 13.7. The van der Waals surface area contributed by atoms with E-state index in [0.29, 0.717) is 27.0 Å². The Bertz CT molecular complexity index is 1440. The van der Waals surface area contributed by atoms with Crippen LogP contribution in [-0.4, -0.2) is 28.7 Å². The molecule has 5 aromatic rings. The Balaban J connectivity index is 1.53. The van der Waals surface area contributed by atoms with Crippen LogP contribution in [0.1, 0.15) is 22.3 Å². The van der Waals surface area contributed by atoms with Crippen molar-refractivity contribution in [1.82, 2.24) is 9.97 Å². The number of ether oxygens (including phenoxy) is 1. The number of hydrazone groups is 1. The lowest BCUT2D eigenvalue weighted by Crippen LogP contribution is -2.25. The smallest absolute Gasteiger partial charge is 0.309 e. The highest BCUT2D eigenvalue weighted by atomic mass is 32.1. The summed E-state index contributed by atoms with van der Waals surface area (Å²) in [4.78, 5) is 22.4. The number of halogens is 1. The van der Waals surface area contributed by atoms with E-state index in [0.717, 1.165) is 21.5 Å². The van der Waals surface area contributed by atoms with E-state index < -0.39 is 5.91 Å². The molecule has 0 aliphatic rings. The Morgan fingerprint density at radius 1 is 1.03 bits per heavy atom. The lowest BCUT2D eigenvalue weighted by atomic mass is 10.2. The van der Waals surface area contributed by atoms with E-state index in [2.05, 4.69) is 15.1 Å². The summed E-state index contributed by atoms with van der Waals surface area (Å²) in [6.45, 7) is 2.50. The van der Waals surface area contributed by atoms with Crippen LogP contribution in [-0.2, 0) is 0 Å². The van der Waals surface area contributed by atoms with Crippen molar-refractivity contribution in [2.45, 2.75) is 6.92 Å². The molecule has 5 rings (SSSR count). The van der Waals surface area contributed by atoms with Crippen LogP contribution in [0.4, 0.5) is 9.52 Å². The van der Waals surface area contributed by atoms with Crippen molar-refractivity contribution in [2.75, 3.05) is 11.6 Å². The quantitative estimate of drug-likeness (QED) is 0.219. The van der Waals surface area contributed by atoms with Crippen LogP contribution < -0.4 is 9.75 Å². The molecule has 9 heteroatoms. The first-order valence-corrected chi connectivity index (χ1v) is 11.8. The van der Waals surface area contributed by atoms with E-state index in [9.17, 15) is 9.18 Å². The molecular weight excluding hydrogens is 459 g/mol. The van der Waals surface area contributed by atoms with Crippen LogP contribution in [0.3, 0.4) is 0 Å². The van der Waals surface area contributed by atoms with Gasteiger partial charge in [-0.1, -0.05) is 23.5 Å². The van der Waals surface area contributed by atoms with E-state index in [1.54, 1.807) is 12.3 Å². The third-order valence-electron chi connectivity index (χ3n) is 4.70.